The van der Waals surface area contributed by atoms with Crippen molar-refractivity contribution in [2.45, 2.75) is 91.1 Å². The molecule has 2 N–H and O–H groups in total. The highest BCUT2D eigenvalue weighted by Gasteiger charge is 2.39. The normalized spacial score (nSPS) is 13.5. The molecule has 0 heterocycles. The van der Waals surface area contributed by atoms with Crippen LogP contribution in [0.25, 0.3) is 0 Å². The molecule has 0 fully saturated rings. The Balaban J connectivity index is 2.56. The van der Waals surface area contributed by atoms with Gasteiger partial charge in [0, 0.05) is 18.2 Å². The Morgan fingerprint density at radius 1 is 0.860 bits per heavy atom. The highest BCUT2D eigenvalue weighted by Crippen LogP contribution is 2.29. The molecule has 2 aromatic carbocycles. The van der Waals surface area contributed by atoms with Gasteiger partial charge in [0.05, 0.1) is 0 Å². The van der Waals surface area contributed by atoms with E-state index in [0.717, 1.165) is 10.5 Å². The van der Waals surface area contributed by atoms with E-state index in [0.29, 0.717) is 16.7 Å². The Morgan fingerprint density at radius 3 is 1.91 bits per heavy atom. The Kier molecular flexibility index (Phi) is 12.3. The molecule has 2 rings (SSSR count). The molecule has 9 nitrogen and oxygen atoms in total. The van der Waals surface area contributed by atoms with Gasteiger partial charge in [-0.15, -0.1) is 0 Å². The minimum Gasteiger partial charge on any atom is -0.458 e. The monoisotopic (exact) mass is 609 g/mol. The first-order valence-electron chi connectivity index (χ1n) is 14.0. The molecule has 3 atom stereocenters. The first kappa shape index (κ1) is 35.2. The zero-order chi connectivity index (χ0) is 32.5. The Labute approximate surface area is 260 Å². The first-order chi connectivity index (χ1) is 20.0. The van der Waals surface area contributed by atoms with Crippen LogP contribution in [0, 0.1) is 26.3 Å². The number of nitrogens with zero attached hydrogens (tertiary/aromatic N) is 1. The number of hydrogen-bond donors (Lipinski definition) is 3. The number of rotatable bonds is 10. The summed E-state index contributed by atoms with van der Waals surface area (Å²) in [5, 5.41) is 5.30. The minimum atomic E-state index is -1.35. The van der Waals surface area contributed by atoms with Crippen LogP contribution in [-0.4, -0.2) is 57.8 Å². The van der Waals surface area contributed by atoms with Crippen LogP contribution in [0.4, 0.5) is 4.79 Å². The average molecular weight is 610 g/mol. The highest BCUT2D eigenvalue weighted by atomic mass is 32.1. The number of carbonyl (C=O) groups excluding carboxylic acids is 4. The summed E-state index contributed by atoms with van der Waals surface area (Å²) in [7, 11) is 0. The van der Waals surface area contributed by atoms with Crippen molar-refractivity contribution >= 4 is 36.5 Å². The molecule has 3 unspecified atom stereocenters. The predicted molar refractivity (Wildman–Crippen MR) is 169 cm³/mol. The van der Waals surface area contributed by atoms with E-state index in [1.54, 1.807) is 67.5 Å². The number of nitrogens with one attached hydrogen (secondary N) is 2. The lowest BCUT2D eigenvalue weighted by Crippen LogP contribution is -2.54. The second kappa shape index (κ2) is 15.0. The molecule has 0 aliphatic heterocycles. The summed E-state index contributed by atoms with van der Waals surface area (Å²) in [5.74, 6) is -2.19. The molecule has 232 valence electrons. The Hall–Kier alpha value is -3.97. The first-order valence-corrected chi connectivity index (χ1v) is 14.6. The summed E-state index contributed by atoms with van der Waals surface area (Å²) in [6.45, 7) is 13.9. The molecule has 0 aliphatic carbocycles. The quantitative estimate of drug-likeness (QED) is 0.156. The van der Waals surface area contributed by atoms with E-state index >= 15 is 0 Å². The second-order valence-electron chi connectivity index (χ2n) is 12.2. The molecule has 0 spiro atoms. The third-order valence-corrected chi connectivity index (χ3v) is 6.53. The standard InChI is InChI=1S/C33H43N3O6S/c1-10-36(29(38)25(20-43)35-31(40)42-33(7,8)9)27(26-21(2)15-14-16-22(26)3)28(37)34-24(30(39)41-32(4,5)6)19-23-17-12-11-13-18-23/h1,11-18,24-25,27,43H,19-20H2,2-9H3,(H,34,37)(H,35,40). The third-order valence-electron chi connectivity index (χ3n) is 6.16. The van der Waals surface area contributed by atoms with Crippen molar-refractivity contribution < 1.29 is 28.7 Å². The lowest BCUT2D eigenvalue weighted by Gasteiger charge is -2.32. The van der Waals surface area contributed by atoms with E-state index in [-0.39, 0.29) is 12.2 Å². The molecular weight excluding hydrogens is 566 g/mol. The molecule has 0 aromatic heterocycles. The third kappa shape index (κ3) is 10.7. The minimum absolute atomic E-state index is 0.119. The summed E-state index contributed by atoms with van der Waals surface area (Å²) < 4.78 is 10.9. The van der Waals surface area contributed by atoms with Crippen molar-refractivity contribution in [3.8, 4) is 12.5 Å². The maximum atomic E-state index is 14.2. The van der Waals surface area contributed by atoms with Crippen LogP contribution in [0.15, 0.2) is 48.5 Å². The van der Waals surface area contributed by atoms with Gasteiger partial charge in [0.1, 0.15) is 29.3 Å². The number of amides is 3. The van der Waals surface area contributed by atoms with Crippen molar-refractivity contribution in [3.05, 3.63) is 70.8 Å². The fourth-order valence-corrected chi connectivity index (χ4v) is 4.62. The fourth-order valence-electron chi connectivity index (χ4n) is 4.37. The number of ether oxygens (including phenoxy) is 2. The van der Waals surface area contributed by atoms with Crippen molar-refractivity contribution in [2.75, 3.05) is 5.75 Å². The molecule has 3 amide bonds. The molecule has 10 heteroatoms. The van der Waals surface area contributed by atoms with Crippen LogP contribution in [0.1, 0.15) is 69.8 Å². The van der Waals surface area contributed by atoms with Gasteiger partial charge in [0.2, 0.25) is 5.91 Å². The zero-order valence-corrected chi connectivity index (χ0v) is 27.1. The predicted octanol–water partition coefficient (Wildman–Crippen LogP) is 4.66. The van der Waals surface area contributed by atoms with Crippen LogP contribution in [0.2, 0.25) is 0 Å². The lowest BCUT2D eigenvalue weighted by molar-refractivity contribution is -0.159. The second-order valence-corrected chi connectivity index (χ2v) is 12.6. The summed E-state index contributed by atoms with van der Waals surface area (Å²) in [5.41, 5.74) is 1.07. The molecule has 0 saturated heterocycles. The Morgan fingerprint density at radius 2 is 1.42 bits per heavy atom. The van der Waals surface area contributed by atoms with Gasteiger partial charge in [-0.3, -0.25) is 14.5 Å². The number of aryl methyl sites for hydroxylation is 2. The molecule has 0 radical (unpaired) electrons. The molecule has 2 aromatic rings. The van der Waals surface area contributed by atoms with Gasteiger partial charge in [-0.2, -0.15) is 12.6 Å². The number of terminal acetylenes is 1. The van der Waals surface area contributed by atoms with Gasteiger partial charge in [-0.1, -0.05) is 55.0 Å². The van der Waals surface area contributed by atoms with Crippen LogP contribution in [0.3, 0.4) is 0 Å². The molecule has 43 heavy (non-hydrogen) atoms. The van der Waals surface area contributed by atoms with E-state index < -0.39 is 53.2 Å². The van der Waals surface area contributed by atoms with Gasteiger partial charge in [0.15, 0.2) is 0 Å². The fraction of sp³-hybridized carbons (Fsp3) is 0.455. The van der Waals surface area contributed by atoms with Crippen LogP contribution in [0.5, 0.6) is 0 Å². The van der Waals surface area contributed by atoms with Crippen molar-refractivity contribution in [2.24, 2.45) is 0 Å². The van der Waals surface area contributed by atoms with Crippen molar-refractivity contribution in [3.63, 3.8) is 0 Å². The Bertz CT molecular complexity index is 1320. The molecular formula is C33H43N3O6S. The number of thiol groups is 1. The van der Waals surface area contributed by atoms with E-state index in [2.05, 4.69) is 29.3 Å². The van der Waals surface area contributed by atoms with E-state index in [4.69, 9.17) is 15.9 Å². The highest BCUT2D eigenvalue weighted by molar-refractivity contribution is 7.80. The van der Waals surface area contributed by atoms with Crippen LogP contribution in [-0.2, 0) is 30.3 Å². The SMILES string of the molecule is C#CN(C(=O)C(CS)NC(=O)OC(C)(C)C)C(C(=O)NC(Cc1ccccc1)C(=O)OC(C)(C)C)c1c(C)cccc1C. The summed E-state index contributed by atoms with van der Waals surface area (Å²) in [6.07, 6.45) is 5.19. The largest absolute Gasteiger partial charge is 0.458 e. The van der Waals surface area contributed by atoms with Gasteiger partial charge >= 0.3 is 12.1 Å². The summed E-state index contributed by atoms with van der Waals surface area (Å²) >= 11 is 4.25. The number of alkyl carbamates (subject to hydrolysis) is 1. The summed E-state index contributed by atoms with van der Waals surface area (Å²) in [6, 6.07) is 13.3. The molecule has 0 bridgehead atoms. The maximum absolute atomic E-state index is 14.2. The molecule has 0 aliphatic rings. The number of hydrogen-bond acceptors (Lipinski definition) is 7. The number of esters is 1. The number of benzene rings is 2. The van der Waals surface area contributed by atoms with Crippen LogP contribution >= 0.6 is 12.6 Å². The van der Waals surface area contributed by atoms with Gasteiger partial charge in [-0.25, -0.2) is 9.59 Å². The van der Waals surface area contributed by atoms with Crippen molar-refractivity contribution in [1.82, 2.24) is 15.5 Å². The summed E-state index contributed by atoms with van der Waals surface area (Å²) in [4.78, 5) is 54.8. The van der Waals surface area contributed by atoms with E-state index in [1.165, 1.54) is 0 Å². The smallest absolute Gasteiger partial charge is 0.408 e. The maximum Gasteiger partial charge on any atom is 0.408 e. The molecule has 0 saturated carbocycles. The van der Waals surface area contributed by atoms with Gasteiger partial charge in [-0.05, 0) is 77.6 Å². The average Bonchev–Trinajstić information content (AvgIpc) is 2.89. The lowest BCUT2D eigenvalue weighted by atomic mass is 9.93. The van der Waals surface area contributed by atoms with Gasteiger partial charge in [0.25, 0.3) is 5.91 Å². The van der Waals surface area contributed by atoms with E-state index in [9.17, 15) is 19.2 Å². The zero-order valence-electron chi connectivity index (χ0n) is 26.2. The van der Waals surface area contributed by atoms with Crippen LogP contribution < -0.4 is 10.6 Å². The number of carbonyl (C=O) groups is 4. The van der Waals surface area contributed by atoms with E-state index in [1.807, 2.05) is 36.4 Å². The van der Waals surface area contributed by atoms with Crippen molar-refractivity contribution in [1.29, 1.82) is 0 Å². The van der Waals surface area contributed by atoms with Gasteiger partial charge < -0.3 is 20.1 Å². The topological polar surface area (TPSA) is 114 Å².